The zero-order valence-corrected chi connectivity index (χ0v) is 36.3. The zero-order chi connectivity index (χ0) is 43.5. The molecule has 0 unspecified atom stereocenters. The maximum absolute atomic E-state index is 5.32. The van der Waals surface area contributed by atoms with E-state index >= 15 is 0 Å². The molecule has 0 saturated heterocycles. The standard InChI is InChI=1S/C63H44N2/c1-63(2)58-30-14-13-27-55(58)57-29-16-28-52(61(57)63)50-38-48(46-32-31-42-19-9-10-22-44(42)35-46)37-49(39-50)51-33-34-56(54-26-12-11-25-53(51)54)60-40-59(64-62(65-60)43-20-7-4-8-21-43)47-24-15-23-45(36-47)41-17-5-3-6-18-41/h3-40H,1-2H3. The summed E-state index contributed by atoms with van der Waals surface area (Å²) in [6.07, 6.45) is 0. The van der Waals surface area contributed by atoms with E-state index in [2.05, 4.69) is 238 Å². The summed E-state index contributed by atoms with van der Waals surface area (Å²) >= 11 is 0. The minimum absolute atomic E-state index is 0.159. The Kier molecular flexibility index (Phi) is 9.21. The second-order valence-corrected chi connectivity index (χ2v) is 17.7. The van der Waals surface area contributed by atoms with Crippen molar-refractivity contribution >= 4 is 21.5 Å². The van der Waals surface area contributed by atoms with Crippen LogP contribution in [0.3, 0.4) is 0 Å². The molecular weight excluding hydrogens is 785 g/mol. The highest BCUT2D eigenvalue weighted by Crippen LogP contribution is 2.53. The minimum atomic E-state index is -0.159. The van der Waals surface area contributed by atoms with Crippen molar-refractivity contribution in [3.63, 3.8) is 0 Å². The van der Waals surface area contributed by atoms with E-state index in [0.717, 1.165) is 39.0 Å². The van der Waals surface area contributed by atoms with Crippen molar-refractivity contribution in [1.29, 1.82) is 0 Å². The third-order valence-electron chi connectivity index (χ3n) is 13.4. The normalized spacial score (nSPS) is 12.6. The molecule has 0 bridgehead atoms. The highest BCUT2D eigenvalue weighted by molar-refractivity contribution is 6.06. The second kappa shape index (κ2) is 15.6. The van der Waals surface area contributed by atoms with Crippen LogP contribution in [0.1, 0.15) is 25.0 Å². The monoisotopic (exact) mass is 828 g/mol. The molecule has 1 aromatic heterocycles. The van der Waals surface area contributed by atoms with Crippen LogP contribution in [0.5, 0.6) is 0 Å². The molecule has 11 aromatic rings. The van der Waals surface area contributed by atoms with Gasteiger partial charge in [-0.1, -0.05) is 208 Å². The van der Waals surface area contributed by atoms with E-state index in [9.17, 15) is 0 Å². The first-order valence-electron chi connectivity index (χ1n) is 22.5. The Bertz CT molecular complexity index is 3620. The molecule has 0 spiro atoms. The predicted octanol–water partition coefficient (Wildman–Crippen LogP) is 16.8. The van der Waals surface area contributed by atoms with Crippen LogP contribution in [-0.2, 0) is 5.41 Å². The van der Waals surface area contributed by atoms with E-state index in [0.29, 0.717) is 5.82 Å². The van der Waals surface area contributed by atoms with Gasteiger partial charge in [-0.3, -0.25) is 0 Å². The van der Waals surface area contributed by atoms with Crippen molar-refractivity contribution in [2.75, 3.05) is 0 Å². The summed E-state index contributed by atoms with van der Waals surface area (Å²) in [7, 11) is 0. The molecule has 2 heteroatoms. The van der Waals surface area contributed by atoms with Crippen LogP contribution in [-0.4, -0.2) is 9.97 Å². The van der Waals surface area contributed by atoms with Gasteiger partial charge in [0.15, 0.2) is 5.82 Å². The number of hydrogen-bond donors (Lipinski definition) is 0. The molecular formula is C63H44N2. The quantitative estimate of drug-likeness (QED) is 0.160. The van der Waals surface area contributed by atoms with Crippen LogP contribution in [0.25, 0.3) is 111 Å². The van der Waals surface area contributed by atoms with E-state index in [1.54, 1.807) is 0 Å². The topological polar surface area (TPSA) is 25.8 Å². The SMILES string of the molecule is CC1(C)c2ccccc2-c2cccc(-c3cc(-c4ccc5ccccc5c4)cc(-c4ccc(-c5cc(-c6cccc(-c7ccccc7)c6)nc(-c6ccccc6)n5)c5ccccc45)c3)c21. The summed E-state index contributed by atoms with van der Waals surface area (Å²) in [6, 6.07) is 83.5. The van der Waals surface area contributed by atoms with E-state index in [4.69, 9.17) is 9.97 Å². The third kappa shape index (κ3) is 6.74. The van der Waals surface area contributed by atoms with Crippen molar-refractivity contribution in [2.45, 2.75) is 19.3 Å². The van der Waals surface area contributed by atoms with Crippen molar-refractivity contribution < 1.29 is 0 Å². The van der Waals surface area contributed by atoms with Gasteiger partial charge in [0, 0.05) is 22.1 Å². The Hall–Kier alpha value is -8.20. The summed E-state index contributed by atoms with van der Waals surface area (Å²) in [5.41, 5.74) is 19.6. The maximum Gasteiger partial charge on any atom is 0.160 e. The van der Waals surface area contributed by atoms with Gasteiger partial charge in [-0.2, -0.15) is 0 Å². The maximum atomic E-state index is 5.32. The number of benzene rings is 10. The largest absolute Gasteiger partial charge is 0.228 e. The molecule has 0 atom stereocenters. The molecule has 10 aromatic carbocycles. The molecule has 1 heterocycles. The van der Waals surface area contributed by atoms with Crippen LogP contribution < -0.4 is 0 Å². The molecule has 65 heavy (non-hydrogen) atoms. The van der Waals surface area contributed by atoms with Gasteiger partial charge >= 0.3 is 0 Å². The molecule has 1 aliphatic rings. The number of fused-ring (bicyclic) bond motifs is 5. The Morgan fingerprint density at radius 2 is 0.831 bits per heavy atom. The fourth-order valence-electron chi connectivity index (χ4n) is 10.3. The number of aromatic nitrogens is 2. The molecule has 306 valence electrons. The van der Waals surface area contributed by atoms with Crippen LogP contribution in [0.15, 0.2) is 231 Å². The van der Waals surface area contributed by atoms with Gasteiger partial charge in [-0.25, -0.2) is 9.97 Å². The van der Waals surface area contributed by atoms with Gasteiger partial charge in [0.1, 0.15) is 0 Å². The average Bonchev–Trinajstić information content (AvgIpc) is 3.61. The average molecular weight is 829 g/mol. The van der Waals surface area contributed by atoms with Crippen molar-refractivity contribution in [3.8, 4) is 89.5 Å². The smallest absolute Gasteiger partial charge is 0.160 e. The summed E-state index contributed by atoms with van der Waals surface area (Å²) in [5, 5.41) is 4.78. The van der Waals surface area contributed by atoms with E-state index in [-0.39, 0.29) is 5.41 Å². The zero-order valence-electron chi connectivity index (χ0n) is 36.3. The molecule has 0 aliphatic heterocycles. The molecule has 0 radical (unpaired) electrons. The molecule has 0 N–H and O–H groups in total. The Labute approximate surface area is 380 Å². The number of nitrogens with zero attached hydrogens (tertiary/aromatic N) is 2. The predicted molar refractivity (Wildman–Crippen MR) is 273 cm³/mol. The first kappa shape index (κ1) is 38.5. The fourth-order valence-corrected chi connectivity index (χ4v) is 10.3. The fraction of sp³-hybridized carbons (Fsp3) is 0.0476. The molecule has 0 saturated carbocycles. The van der Waals surface area contributed by atoms with Crippen molar-refractivity contribution in [3.05, 3.63) is 242 Å². The van der Waals surface area contributed by atoms with Gasteiger partial charge in [-0.05, 0) is 125 Å². The lowest BCUT2D eigenvalue weighted by Crippen LogP contribution is -2.16. The molecule has 1 aliphatic carbocycles. The van der Waals surface area contributed by atoms with Crippen molar-refractivity contribution in [1.82, 2.24) is 9.97 Å². The third-order valence-corrected chi connectivity index (χ3v) is 13.4. The number of rotatable bonds is 7. The van der Waals surface area contributed by atoms with Crippen LogP contribution in [0.4, 0.5) is 0 Å². The summed E-state index contributed by atoms with van der Waals surface area (Å²) in [4.78, 5) is 10.5. The first-order valence-corrected chi connectivity index (χ1v) is 22.5. The summed E-state index contributed by atoms with van der Waals surface area (Å²) in [6.45, 7) is 4.76. The molecule has 0 fully saturated rings. The van der Waals surface area contributed by atoms with Crippen molar-refractivity contribution in [2.24, 2.45) is 0 Å². The Morgan fingerprint density at radius 3 is 1.65 bits per heavy atom. The van der Waals surface area contributed by atoms with Gasteiger partial charge in [0.2, 0.25) is 0 Å². The number of hydrogen-bond acceptors (Lipinski definition) is 2. The highest BCUT2D eigenvalue weighted by Gasteiger charge is 2.37. The van der Waals surface area contributed by atoms with E-state index in [1.165, 1.54) is 77.4 Å². The van der Waals surface area contributed by atoms with Gasteiger partial charge in [-0.15, -0.1) is 0 Å². The highest BCUT2D eigenvalue weighted by atomic mass is 14.9. The van der Waals surface area contributed by atoms with Crippen LogP contribution >= 0.6 is 0 Å². The Morgan fingerprint density at radius 1 is 0.292 bits per heavy atom. The van der Waals surface area contributed by atoms with Gasteiger partial charge in [0.05, 0.1) is 11.4 Å². The molecule has 12 rings (SSSR count). The molecule has 0 amide bonds. The lowest BCUT2D eigenvalue weighted by molar-refractivity contribution is 0.662. The lowest BCUT2D eigenvalue weighted by Gasteiger charge is -2.25. The van der Waals surface area contributed by atoms with E-state index in [1.807, 2.05) is 6.07 Å². The van der Waals surface area contributed by atoms with Crippen LogP contribution in [0.2, 0.25) is 0 Å². The molecule has 2 nitrogen and oxygen atoms in total. The Balaban J connectivity index is 1.05. The van der Waals surface area contributed by atoms with Gasteiger partial charge < -0.3 is 0 Å². The summed E-state index contributed by atoms with van der Waals surface area (Å²) < 4.78 is 0. The second-order valence-electron chi connectivity index (χ2n) is 17.7. The first-order chi connectivity index (χ1) is 32.0. The summed E-state index contributed by atoms with van der Waals surface area (Å²) in [5.74, 6) is 0.699. The lowest BCUT2D eigenvalue weighted by atomic mass is 9.78. The van der Waals surface area contributed by atoms with Gasteiger partial charge in [0.25, 0.3) is 0 Å². The minimum Gasteiger partial charge on any atom is -0.228 e. The van der Waals surface area contributed by atoms with Crippen LogP contribution in [0, 0.1) is 0 Å². The van der Waals surface area contributed by atoms with E-state index < -0.39 is 0 Å².